The number of para-hydroxylation sites is 1. The molecule has 0 atom stereocenters. The Morgan fingerprint density at radius 3 is 2.52 bits per heavy atom. The summed E-state index contributed by atoms with van der Waals surface area (Å²) in [5.74, 6) is 0.206. The number of hydrogen-bond acceptors (Lipinski definition) is 6. The van der Waals surface area contributed by atoms with Crippen LogP contribution in [0.25, 0.3) is 6.08 Å². The second kappa shape index (κ2) is 9.23. The van der Waals surface area contributed by atoms with Crippen molar-refractivity contribution in [2.45, 2.75) is 13.8 Å². The zero-order chi connectivity index (χ0) is 20.0. The predicted octanol–water partition coefficient (Wildman–Crippen LogP) is 2.41. The van der Waals surface area contributed by atoms with Gasteiger partial charge < -0.3 is 23.8 Å². The summed E-state index contributed by atoms with van der Waals surface area (Å²) < 4.78 is 21.0. The van der Waals surface area contributed by atoms with Crippen LogP contribution in [0.15, 0.2) is 35.0 Å². The molecule has 0 bridgehead atoms. The summed E-state index contributed by atoms with van der Waals surface area (Å²) in [5.41, 5.74) is 1.68. The van der Waals surface area contributed by atoms with E-state index in [1.54, 1.807) is 45.2 Å². The first-order valence-corrected chi connectivity index (χ1v) is 8.61. The zero-order valence-corrected chi connectivity index (χ0v) is 16.3. The molecule has 0 fully saturated rings. The van der Waals surface area contributed by atoms with Gasteiger partial charge in [-0.25, -0.2) is 4.79 Å². The third kappa shape index (κ3) is 4.14. The summed E-state index contributed by atoms with van der Waals surface area (Å²) in [6, 6.07) is 5.34. The molecule has 1 heterocycles. The largest absolute Gasteiger partial charge is 0.493 e. The quantitative estimate of drug-likeness (QED) is 0.513. The second-order valence-corrected chi connectivity index (χ2v) is 5.77. The van der Waals surface area contributed by atoms with E-state index in [0.717, 1.165) is 0 Å². The van der Waals surface area contributed by atoms with Gasteiger partial charge in [0, 0.05) is 24.9 Å². The van der Waals surface area contributed by atoms with E-state index in [1.165, 1.54) is 19.1 Å². The molecule has 0 N–H and O–H groups in total. The monoisotopic (exact) mass is 375 g/mol. The molecule has 0 aromatic heterocycles. The summed E-state index contributed by atoms with van der Waals surface area (Å²) in [6.45, 7) is 4.37. The van der Waals surface area contributed by atoms with Crippen molar-refractivity contribution in [3.05, 3.63) is 40.6 Å². The Morgan fingerprint density at radius 2 is 1.93 bits per heavy atom. The molecule has 7 nitrogen and oxygen atoms in total. The highest BCUT2D eigenvalue weighted by molar-refractivity contribution is 6.16. The predicted molar refractivity (Wildman–Crippen MR) is 100 cm³/mol. The third-order valence-electron chi connectivity index (χ3n) is 4.24. The first-order valence-electron chi connectivity index (χ1n) is 8.61. The smallest absolute Gasteiger partial charge is 0.340 e. The van der Waals surface area contributed by atoms with Crippen molar-refractivity contribution in [3.63, 3.8) is 0 Å². The first-order chi connectivity index (χ1) is 13.0. The molecular weight excluding hydrogens is 350 g/mol. The molecule has 0 aliphatic carbocycles. The van der Waals surface area contributed by atoms with Gasteiger partial charge in [-0.3, -0.25) is 4.79 Å². The van der Waals surface area contributed by atoms with Crippen LogP contribution in [-0.2, 0) is 19.1 Å². The highest BCUT2D eigenvalue weighted by Gasteiger charge is 2.37. The van der Waals surface area contributed by atoms with Gasteiger partial charge in [0.15, 0.2) is 11.5 Å². The molecule has 27 heavy (non-hydrogen) atoms. The highest BCUT2D eigenvalue weighted by atomic mass is 16.5. The Kier molecular flexibility index (Phi) is 7.01. The number of carbonyl (C=O) groups is 2. The molecule has 0 saturated heterocycles. The Balaban J connectivity index is 2.57. The van der Waals surface area contributed by atoms with Crippen LogP contribution in [0.3, 0.4) is 0 Å². The van der Waals surface area contributed by atoms with Crippen LogP contribution in [0.1, 0.15) is 19.4 Å². The van der Waals surface area contributed by atoms with Crippen molar-refractivity contribution in [1.29, 1.82) is 0 Å². The van der Waals surface area contributed by atoms with Crippen molar-refractivity contribution in [2.24, 2.45) is 0 Å². The summed E-state index contributed by atoms with van der Waals surface area (Å²) in [6.07, 6.45) is 1.63. The van der Waals surface area contributed by atoms with Crippen LogP contribution < -0.4 is 9.47 Å². The van der Waals surface area contributed by atoms with Gasteiger partial charge in [0.05, 0.1) is 38.6 Å². The number of benzene rings is 1. The summed E-state index contributed by atoms with van der Waals surface area (Å²) in [7, 11) is 4.62. The lowest BCUT2D eigenvalue weighted by molar-refractivity contribution is -0.138. The van der Waals surface area contributed by atoms with Crippen molar-refractivity contribution in [2.75, 3.05) is 41.1 Å². The maximum Gasteiger partial charge on any atom is 0.340 e. The molecule has 0 unspecified atom stereocenters. The number of hydrogen-bond donors (Lipinski definition) is 0. The fourth-order valence-electron chi connectivity index (χ4n) is 2.96. The van der Waals surface area contributed by atoms with E-state index in [0.29, 0.717) is 35.9 Å². The molecule has 0 radical (unpaired) electrons. The minimum atomic E-state index is -0.531. The van der Waals surface area contributed by atoms with E-state index in [4.69, 9.17) is 18.9 Å². The molecule has 2 rings (SSSR count). The number of rotatable bonds is 8. The molecule has 146 valence electrons. The maximum absolute atomic E-state index is 13.0. The van der Waals surface area contributed by atoms with Crippen molar-refractivity contribution in [3.8, 4) is 11.5 Å². The number of amides is 1. The van der Waals surface area contributed by atoms with E-state index in [2.05, 4.69) is 0 Å². The maximum atomic E-state index is 13.0. The Labute approximate surface area is 159 Å². The van der Waals surface area contributed by atoms with Crippen LogP contribution in [0.5, 0.6) is 11.5 Å². The highest BCUT2D eigenvalue weighted by Crippen LogP contribution is 2.36. The van der Waals surface area contributed by atoms with Crippen LogP contribution in [0, 0.1) is 0 Å². The van der Waals surface area contributed by atoms with Crippen molar-refractivity contribution in [1.82, 2.24) is 4.90 Å². The number of nitrogens with zero attached hydrogens (tertiary/aromatic N) is 1. The minimum Gasteiger partial charge on any atom is -0.493 e. The molecule has 1 aliphatic heterocycles. The number of esters is 1. The average Bonchev–Trinajstić information content (AvgIpc) is 2.89. The van der Waals surface area contributed by atoms with Gasteiger partial charge in [-0.05, 0) is 26.0 Å². The zero-order valence-electron chi connectivity index (χ0n) is 16.3. The van der Waals surface area contributed by atoms with E-state index in [1.807, 2.05) is 0 Å². The summed E-state index contributed by atoms with van der Waals surface area (Å²) in [5, 5.41) is 0. The molecule has 7 heteroatoms. The lowest BCUT2D eigenvalue weighted by Gasteiger charge is -2.17. The van der Waals surface area contributed by atoms with Gasteiger partial charge >= 0.3 is 5.97 Å². The van der Waals surface area contributed by atoms with Gasteiger partial charge in [-0.15, -0.1) is 0 Å². The normalized spacial score (nSPS) is 15.5. The standard InChI is InChI=1S/C20H25NO6/c1-6-27-20(23)17-13(2)21(10-11-24-3)19(22)15(17)12-14-8-7-9-16(25-4)18(14)26-5/h7-9,12H,6,10-11H2,1-5H3/b15-12-. The number of carbonyl (C=O) groups excluding carboxylic acids is 2. The second-order valence-electron chi connectivity index (χ2n) is 5.77. The molecule has 0 spiro atoms. The van der Waals surface area contributed by atoms with Gasteiger partial charge in [-0.1, -0.05) is 12.1 Å². The fourth-order valence-corrected chi connectivity index (χ4v) is 2.96. The average molecular weight is 375 g/mol. The molecule has 1 aromatic rings. The molecule has 1 amide bonds. The van der Waals surface area contributed by atoms with Gasteiger partial charge in [0.25, 0.3) is 5.91 Å². The molecular formula is C20H25NO6. The lowest BCUT2D eigenvalue weighted by atomic mass is 10.0. The first kappa shape index (κ1) is 20.5. The number of ether oxygens (including phenoxy) is 4. The minimum absolute atomic E-state index is 0.220. The number of allylic oxidation sites excluding steroid dienone is 1. The Hall–Kier alpha value is -2.80. The molecule has 0 saturated carbocycles. The molecule has 1 aromatic carbocycles. The van der Waals surface area contributed by atoms with E-state index >= 15 is 0 Å². The molecule has 1 aliphatic rings. The topological polar surface area (TPSA) is 74.3 Å². The van der Waals surface area contributed by atoms with Gasteiger partial charge in [-0.2, -0.15) is 0 Å². The van der Waals surface area contributed by atoms with Crippen LogP contribution >= 0.6 is 0 Å². The third-order valence-corrected chi connectivity index (χ3v) is 4.24. The lowest BCUT2D eigenvalue weighted by Crippen LogP contribution is -2.28. The van der Waals surface area contributed by atoms with Gasteiger partial charge in [0.2, 0.25) is 0 Å². The number of methoxy groups -OCH3 is 3. The van der Waals surface area contributed by atoms with Gasteiger partial charge in [0.1, 0.15) is 0 Å². The van der Waals surface area contributed by atoms with Crippen molar-refractivity contribution >= 4 is 18.0 Å². The SMILES string of the molecule is CCOC(=O)C1=C(C)N(CCOC)C(=O)/C1=C\c1cccc(OC)c1OC. The fraction of sp³-hybridized carbons (Fsp3) is 0.400. The van der Waals surface area contributed by atoms with E-state index in [9.17, 15) is 9.59 Å². The van der Waals surface area contributed by atoms with Crippen molar-refractivity contribution < 1.29 is 28.5 Å². The summed E-state index contributed by atoms with van der Waals surface area (Å²) >= 11 is 0. The summed E-state index contributed by atoms with van der Waals surface area (Å²) in [4.78, 5) is 27.0. The Morgan fingerprint density at radius 1 is 1.19 bits per heavy atom. The van der Waals surface area contributed by atoms with E-state index in [-0.39, 0.29) is 23.7 Å². The van der Waals surface area contributed by atoms with Crippen LogP contribution in [0.4, 0.5) is 0 Å². The van der Waals surface area contributed by atoms with Crippen LogP contribution in [0.2, 0.25) is 0 Å². The van der Waals surface area contributed by atoms with E-state index < -0.39 is 5.97 Å². The Bertz CT molecular complexity index is 781. The van der Waals surface area contributed by atoms with Crippen LogP contribution in [-0.4, -0.2) is 57.9 Å².